The van der Waals surface area contributed by atoms with Crippen LogP contribution in [0.1, 0.15) is 52.4 Å². The van der Waals surface area contributed by atoms with E-state index in [0.717, 1.165) is 13.1 Å². The lowest BCUT2D eigenvalue weighted by Crippen LogP contribution is -2.28. The fourth-order valence-corrected chi connectivity index (χ4v) is 1.43. The smallest absolute Gasteiger partial charge is 0.00767 e. The summed E-state index contributed by atoms with van der Waals surface area (Å²) in [5, 5.41) is 6.90. The quantitative estimate of drug-likeness (QED) is 0.564. The van der Waals surface area contributed by atoms with Gasteiger partial charge >= 0.3 is 0 Å². The molecule has 0 bridgehead atoms. The monoisotopic (exact) mass is 272 g/mol. The molecule has 102 valence electrons. The van der Waals surface area contributed by atoms with Gasteiger partial charge in [-0.15, -0.1) is 24.8 Å². The molecule has 0 rings (SSSR count). The SMILES string of the molecule is CCCCCNCCNCCCCC.Cl.Cl. The topological polar surface area (TPSA) is 24.1 Å². The van der Waals surface area contributed by atoms with Crippen LogP contribution in [0, 0.1) is 0 Å². The maximum Gasteiger partial charge on any atom is 0.00767 e. The second-order valence-electron chi connectivity index (χ2n) is 3.91. The summed E-state index contributed by atoms with van der Waals surface area (Å²) in [6, 6.07) is 0. The molecule has 0 saturated carbocycles. The van der Waals surface area contributed by atoms with Crippen LogP contribution in [-0.4, -0.2) is 26.2 Å². The normalized spacial score (nSPS) is 9.38. The van der Waals surface area contributed by atoms with Crippen LogP contribution in [0.15, 0.2) is 0 Å². The molecule has 0 spiro atoms. The Kier molecular flexibility index (Phi) is 28.4. The van der Waals surface area contributed by atoms with Crippen LogP contribution in [0.25, 0.3) is 0 Å². The van der Waals surface area contributed by atoms with Gasteiger partial charge in [0.2, 0.25) is 0 Å². The van der Waals surface area contributed by atoms with Crippen molar-refractivity contribution in [2.75, 3.05) is 26.2 Å². The number of rotatable bonds is 11. The molecule has 0 heterocycles. The molecule has 0 radical (unpaired) electrons. The Labute approximate surface area is 114 Å². The summed E-state index contributed by atoms with van der Waals surface area (Å²) in [6.07, 6.45) is 8.00. The number of nitrogens with one attached hydrogen (secondary N) is 2. The first kappa shape index (κ1) is 21.8. The Bertz CT molecular complexity index is 91.0. The van der Waals surface area contributed by atoms with Crippen molar-refractivity contribution in [1.82, 2.24) is 10.6 Å². The predicted octanol–water partition coefficient (Wildman–Crippen LogP) is 3.39. The Morgan fingerprint density at radius 2 is 0.938 bits per heavy atom. The van der Waals surface area contributed by atoms with Gasteiger partial charge in [-0.2, -0.15) is 0 Å². The minimum absolute atomic E-state index is 0. The highest BCUT2D eigenvalue weighted by Gasteiger charge is 1.88. The van der Waals surface area contributed by atoms with Gasteiger partial charge < -0.3 is 10.6 Å². The Hall–Kier alpha value is 0.500. The summed E-state index contributed by atoms with van der Waals surface area (Å²) in [5.41, 5.74) is 0. The lowest BCUT2D eigenvalue weighted by molar-refractivity contribution is 0.565. The van der Waals surface area contributed by atoms with E-state index in [1.807, 2.05) is 0 Å². The maximum absolute atomic E-state index is 3.45. The number of unbranched alkanes of at least 4 members (excludes halogenated alkanes) is 4. The summed E-state index contributed by atoms with van der Waals surface area (Å²) in [6.45, 7) is 9.10. The summed E-state index contributed by atoms with van der Waals surface area (Å²) >= 11 is 0. The fraction of sp³-hybridized carbons (Fsp3) is 1.00. The second kappa shape index (κ2) is 20.9. The van der Waals surface area contributed by atoms with E-state index in [4.69, 9.17) is 0 Å². The van der Waals surface area contributed by atoms with E-state index in [0.29, 0.717) is 0 Å². The molecule has 0 amide bonds. The van der Waals surface area contributed by atoms with Gasteiger partial charge in [0, 0.05) is 13.1 Å². The van der Waals surface area contributed by atoms with Gasteiger partial charge in [0.1, 0.15) is 0 Å². The molecule has 0 aromatic heterocycles. The van der Waals surface area contributed by atoms with Crippen molar-refractivity contribution < 1.29 is 0 Å². The molecular formula is C12H30Cl2N2. The zero-order valence-electron chi connectivity index (χ0n) is 10.9. The molecule has 0 aliphatic rings. The summed E-state index contributed by atoms with van der Waals surface area (Å²) in [4.78, 5) is 0. The summed E-state index contributed by atoms with van der Waals surface area (Å²) in [7, 11) is 0. The summed E-state index contributed by atoms with van der Waals surface area (Å²) in [5.74, 6) is 0. The van der Waals surface area contributed by atoms with Gasteiger partial charge in [-0.25, -0.2) is 0 Å². The minimum Gasteiger partial charge on any atom is -0.315 e. The Balaban J connectivity index is -0.000000845. The van der Waals surface area contributed by atoms with Crippen molar-refractivity contribution in [3.63, 3.8) is 0 Å². The van der Waals surface area contributed by atoms with Crippen LogP contribution in [0.3, 0.4) is 0 Å². The van der Waals surface area contributed by atoms with Gasteiger partial charge in [-0.3, -0.25) is 0 Å². The molecule has 2 N–H and O–H groups in total. The number of hydrogen-bond acceptors (Lipinski definition) is 2. The van der Waals surface area contributed by atoms with Crippen LogP contribution in [0.4, 0.5) is 0 Å². The lowest BCUT2D eigenvalue weighted by atomic mass is 10.2. The van der Waals surface area contributed by atoms with Crippen LogP contribution in [-0.2, 0) is 0 Å². The van der Waals surface area contributed by atoms with Crippen molar-refractivity contribution in [2.24, 2.45) is 0 Å². The van der Waals surface area contributed by atoms with Gasteiger partial charge in [0.25, 0.3) is 0 Å². The first-order valence-corrected chi connectivity index (χ1v) is 6.33. The number of hydrogen-bond donors (Lipinski definition) is 2. The third-order valence-electron chi connectivity index (χ3n) is 2.39. The van der Waals surface area contributed by atoms with Crippen molar-refractivity contribution in [1.29, 1.82) is 0 Å². The van der Waals surface area contributed by atoms with Crippen LogP contribution < -0.4 is 10.6 Å². The van der Waals surface area contributed by atoms with Crippen molar-refractivity contribution in [3.05, 3.63) is 0 Å². The van der Waals surface area contributed by atoms with E-state index in [-0.39, 0.29) is 24.8 Å². The molecule has 4 heteroatoms. The zero-order chi connectivity index (χ0) is 10.5. The van der Waals surface area contributed by atoms with E-state index in [1.54, 1.807) is 0 Å². The molecule has 0 aromatic carbocycles. The first-order valence-electron chi connectivity index (χ1n) is 6.33. The average molecular weight is 273 g/mol. The van der Waals surface area contributed by atoms with E-state index < -0.39 is 0 Å². The fourth-order valence-electron chi connectivity index (χ4n) is 1.43. The van der Waals surface area contributed by atoms with Crippen molar-refractivity contribution in [2.45, 2.75) is 52.4 Å². The Morgan fingerprint density at radius 3 is 1.25 bits per heavy atom. The zero-order valence-corrected chi connectivity index (χ0v) is 12.5. The van der Waals surface area contributed by atoms with Gasteiger partial charge in [-0.1, -0.05) is 39.5 Å². The molecule has 0 fully saturated rings. The molecule has 0 atom stereocenters. The van der Waals surface area contributed by atoms with Crippen LogP contribution in [0.2, 0.25) is 0 Å². The van der Waals surface area contributed by atoms with Gasteiger partial charge in [0.15, 0.2) is 0 Å². The second-order valence-corrected chi connectivity index (χ2v) is 3.91. The largest absolute Gasteiger partial charge is 0.315 e. The van der Waals surface area contributed by atoms with Gasteiger partial charge in [-0.05, 0) is 25.9 Å². The average Bonchev–Trinajstić information content (AvgIpc) is 2.21. The molecule has 0 aromatic rings. The summed E-state index contributed by atoms with van der Waals surface area (Å²) < 4.78 is 0. The first-order chi connectivity index (χ1) is 6.91. The number of halogens is 2. The third kappa shape index (κ3) is 20.0. The molecular weight excluding hydrogens is 243 g/mol. The van der Waals surface area contributed by atoms with E-state index >= 15 is 0 Å². The minimum atomic E-state index is 0. The van der Waals surface area contributed by atoms with Crippen LogP contribution >= 0.6 is 24.8 Å². The molecule has 0 saturated heterocycles. The molecule has 0 aliphatic heterocycles. The molecule has 0 unspecified atom stereocenters. The highest BCUT2D eigenvalue weighted by Crippen LogP contribution is 1.91. The van der Waals surface area contributed by atoms with Crippen molar-refractivity contribution >= 4 is 24.8 Å². The molecule has 2 nitrogen and oxygen atoms in total. The van der Waals surface area contributed by atoms with Crippen LogP contribution in [0.5, 0.6) is 0 Å². The van der Waals surface area contributed by atoms with E-state index in [9.17, 15) is 0 Å². The van der Waals surface area contributed by atoms with Gasteiger partial charge in [0.05, 0.1) is 0 Å². The lowest BCUT2D eigenvalue weighted by Gasteiger charge is -2.05. The van der Waals surface area contributed by atoms with E-state index in [1.165, 1.54) is 51.6 Å². The van der Waals surface area contributed by atoms with Crippen molar-refractivity contribution in [3.8, 4) is 0 Å². The highest BCUT2D eigenvalue weighted by molar-refractivity contribution is 5.85. The maximum atomic E-state index is 3.45. The third-order valence-corrected chi connectivity index (χ3v) is 2.39. The Morgan fingerprint density at radius 1 is 0.562 bits per heavy atom. The highest BCUT2D eigenvalue weighted by atomic mass is 35.5. The molecule has 0 aliphatic carbocycles. The molecule has 16 heavy (non-hydrogen) atoms. The standard InChI is InChI=1S/C12H28N2.2ClH/c1-3-5-7-9-13-11-12-14-10-8-6-4-2;;/h13-14H,3-12H2,1-2H3;2*1H. The van der Waals surface area contributed by atoms with E-state index in [2.05, 4.69) is 24.5 Å². The predicted molar refractivity (Wildman–Crippen MR) is 79.3 cm³/mol.